The molecule has 2 N–H and O–H groups in total. The molecule has 0 unspecified atom stereocenters. The minimum atomic E-state index is -2.81. The smallest absolute Gasteiger partial charge is 0.500 e. The predicted molar refractivity (Wildman–Crippen MR) is 258 cm³/mol. The van der Waals surface area contributed by atoms with Crippen LogP contribution in [0.3, 0.4) is 0 Å². The Morgan fingerprint density at radius 1 is 0.355 bits per heavy atom. The van der Waals surface area contributed by atoms with E-state index in [1.807, 2.05) is 24.3 Å². The summed E-state index contributed by atoms with van der Waals surface area (Å²) in [7, 11) is -5.63. The Balaban J connectivity index is 1.75. The highest BCUT2D eigenvalue weighted by Gasteiger charge is 2.41. The molecule has 0 saturated heterocycles. The molecule has 62 heavy (non-hydrogen) atoms. The molecule has 2 aromatic carbocycles. The van der Waals surface area contributed by atoms with Gasteiger partial charge < -0.3 is 46.2 Å². The Bertz CT molecular complexity index is 1210. The molecule has 0 bridgehead atoms. The molecule has 0 amide bonds. The van der Waals surface area contributed by atoms with Crippen molar-refractivity contribution in [2.75, 3.05) is 52.9 Å². The molecule has 10 nitrogen and oxygen atoms in total. The highest BCUT2D eigenvalue weighted by molar-refractivity contribution is 6.61. The van der Waals surface area contributed by atoms with Gasteiger partial charge in [0.25, 0.3) is 0 Å². The van der Waals surface area contributed by atoms with E-state index in [2.05, 4.69) is 41.5 Å². The van der Waals surface area contributed by atoms with Crippen LogP contribution in [-0.4, -0.2) is 80.7 Å². The zero-order chi connectivity index (χ0) is 45.0. The van der Waals surface area contributed by atoms with Crippen molar-refractivity contribution in [1.29, 1.82) is 0 Å². The van der Waals surface area contributed by atoms with E-state index in [0.29, 0.717) is 77.2 Å². The number of phenolic OH excluding ortho intramolecular Hbond substituents is 2. The number of phenols is 2. The molecular formula is C50H90O10Si2. The van der Waals surface area contributed by atoms with Crippen LogP contribution in [0.15, 0.2) is 36.4 Å². The second kappa shape index (κ2) is 36.1. The Morgan fingerprint density at radius 2 is 0.645 bits per heavy atom. The van der Waals surface area contributed by atoms with Crippen LogP contribution in [0.25, 0.3) is 0 Å². The molecule has 0 heterocycles. The number of rotatable bonds is 43. The van der Waals surface area contributed by atoms with Crippen molar-refractivity contribution in [3.63, 3.8) is 0 Å². The molecule has 12 heteroatoms. The number of hydrogen-bond acceptors (Lipinski definition) is 10. The minimum absolute atomic E-state index is 0.300. The molecule has 0 fully saturated rings. The Hall–Kier alpha value is -2.17. The van der Waals surface area contributed by atoms with E-state index in [1.54, 1.807) is 12.1 Å². The van der Waals surface area contributed by atoms with Gasteiger partial charge >= 0.3 is 17.6 Å². The fraction of sp³-hybridized carbons (Fsp3) is 0.760. The lowest BCUT2D eigenvalue weighted by atomic mass is 10.1. The summed E-state index contributed by atoms with van der Waals surface area (Å²) in [4.78, 5) is 0. The first-order valence-corrected chi connectivity index (χ1v) is 28.9. The van der Waals surface area contributed by atoms with E-state index in [-0.39, 0.29) is 0 Å². The quantitative estimate of drug-likeness (QED) is 0.0492. The van der Waals surface area contributed by atoms with Gasteiger partial charge in [-0.1, -0.05) is 106 Å². The van der Waals surface area contributed by atoms with Gasteiger partial charge in [-0.2, -0.15) is 0 Å². The molecule has 2 rings (SSSR count). The maximum Gasteiger partial charge on any atom is 0.500 e. The van der Waals surface area contributed by atoms with Gasteiger partial charge in [-0.25, -0.2) is 0 Å². The van der Waals surface area contributed by atoms with Crippen molar-refractivity contribution in [3.05, 3.63) is 47.5 Å². The molecule has 2 aromatic rings. The molecule has 0 radical (unpaired) electrons. The molecule has 0 aliphatic heterocycles. The molecule has 0 atom stereocenters. The van der Waals surface area contributed by atoms with Crippen LogP contribution in [0.2, 0.25) is 12.1 Å². The number of ether oxygens (including phenoxy) is 2. The summed E-state index contributed by atoms with van der Waals surface area (Å²) in [5, 5.41) is 21.4. The lowest BCUT2D eigenvalue weighted by molar-refractivity contribution is 0.0551. The molecule has 0 aromatic heterocycles. The molecule has 0 saturated carbocycles. The monoisotopic (exact) mass is 907 g/mol. The SMILES string of the molecule is CCCCO[Si](CCCc1cc(OCCCCCCCCOc2ccc(O)c(CCC[Si](OCCCC)(OCCCC)OCCCC)c2)ccc1O)(OCCCC)OCCCC. The summed E-state index contributed by atoms with van der Waals surface area (Å²) in [6, 6.07) is 12.6. The third-order valence-electron chi connectivity index (χ3n) is 11.0. The average Bonchev–Trinajstić information content (AvgIpc) is 3.26. The van der Waals surface area contributed by atoms with Gasteiger partial charge in [0, 0.05) is 51.7 Å². The van der Waals surface area contributed by atoms with Gasteiger partial charge in [-0.05, 0) is 125 Å². The summed E-state index contributed by atoms with van der Waals surface area (Å²) < 4.78 is 50.8. The van der Waals surface area contributed by atoms with Gasteiger partial charge in [0.1, 0.15) is 23.0 Å². The van der Waals surface area contributed by atoms with Gasteiger partial charge in [-0.3, -0.25) is 0 Å². The second-order valence-corrected chi connectivity index (χ2v) is 22.1. The lowest BCUT2D eigenvalue weighted by Crippen LogP contribution is -2.46. The van der Waals surface area contributed by atoms with Crippen LogP contribution >= 0.6 is 0 Å². The molecule has 0 aliphatic rings. The first-order valence-electron chi connectivity index (χ1n) is 25.0. The summed E-state index contributed by atoms with van der Waals surface area (Å²) in [5.74, 6) is 2.20. The third-order valence-corrected chi connectivity index (χ3v) is 16.8. The van der Waals surface area contributed by atoms with E-state index in [9.17, 15) is 10.2 Å². The maximum absolute atomic E-state index is 10.7. The minimum Gasteiger partial charge on any atom is -0.508 e. The van der Waals surface area contributed by atoms with Crippen LogP contribution in [0.4, 0.5) is 0 Å². The zero-order valence-corrected chi connectivity index (χ0v) is 42.3. The summed E-state index contributed by atoms with van der Waals surface area (Å²) in [6.07, 6.45) is 21.9. The van der Waals surface area contributed by atoms with Gasteiger partial charge in [0.15, 0.2) is 0 Å². The van der Waals surface area contributed by atoms with E-state index in [4.69, 9.17) is 36.0 Å². The van der Waals surface area contributed by atoms with Crippen LogP contribution in [0, 0.1) is 0 Å². The van der Waals surface area contributed by atoms with Crippen molar-refractivity contribution in [2.24, 2.45) is 0 Å². The van der Waals surface area contributed by atoms with Crippen LogP contribution in [-0.2, 0) is 39.4 Å². The molecular weight excluding hydrogens is 817 g/mol. The normalized spacial score (nSPS) is 12.0. The predicted octanol–water partition coefficient (Wildman–Crippen LogP) is 13.5. The Morgan fingerprint density at radius 3 is 0.935 bits per heavy atom. The third kappa shape index (κ3) is 24.8. The van der Waals surface area contributed by atoms with E-state index in [1.165, 1.54) is 0 Å². The van der Waals surface area contributed by atoms with Crippen LogP contribution in [0.5, 0.6) is 23.0 Å². The van der Waals surface area contributed by atoms with Crippen LogP contribution in [0.1, 0.15) is 181 Å². The van der Waals surface area contributed by atoms with Gasteiger partial charge in [0.05, 0.1) is 13.2 Å². The average molecular weight is 907 g/mol. The Kier molecular flexibility index (Phi) is 32.6. The van der Waals surface area contributed by atoms with E-state index >= 15 is 0 Å². The van der Waals surface area contributed by atoms with Gasteiger partial charge in [0.2, 0.25) is 0 Å². The topological polar surface area (TPSA) is 114 Å². The fourth-order valence-corrected chi connectivity index (χ4v) is 12.2. The molecule has 358 valence electrons. The van der Waals surface area contributed by atoms with Crippen molar-refractivity contribution >= 4 is 17.6 Å². The first kappa shape index (κ1) is 56.0. The van der Waals surface area contributed by atoms with Crippen molar-refractivity contribution < 1.29 is 46.2 Å². The number of aryl methyl sites for hydroxylation is 2. The Labute approximate surface area is 380 Å². The summed E-state index contributed by atoms with van der Waals surface area (Å²) >= 11 is 0. The van der Waals surface area contributed by atoms with Gasteiger partial charge in [-0.15, -0.1) is 0 Å². The van der Waals surface area contributed by atoms with Crippen LogP contribution < -0.4 is 9.47 Å². The number of hydrogen-bond donors (Lipinski definition) is 2. The van der Waals surface area contributed by atoms with E-state index < -0.39 is 17.6 Å². The lowest BCUT2D eigenvalue weighted by Gasteiger charge is -2.30. The number of unbranched alkanes of at least 4 members (excludes halogenated alkanes) is 11. The molecule has 0 aliphatic carbocycles. The van der Waals surface area contributed by atoms with E-state index in [0.717, 1.165) is 163 Å². The van der Waals surface area contributed by atoms with Crippen molar-refractivity contribution in [3.8, 4) is 23.0 Å². The summed E-state index contributed by atoms with van der Waals surface area (Å²) in [6.45, 7) is 18.3. The number of aromatic hydroxyl groups is 2. The highest BCUT2D eigenvalue weighted by atomic mass is 28.4. The largest absolute Gasteiger partial charge is 0.508 e. The summed E-state index contributed by atoms with van der Waals surface area (Å²) in [5.41, 5.74) is 1.78. The second-order valence-electron chi connectivity index (χ2n) is 16.7. The fourth-order valence-electron chi connectivity index (χ4n) is 6.90. The standard InChI is InChI=1S/C50H90O10Si2/c1-7-13-35-55-61(56-36-14-8-2,57-37-15-9-3)41-25-27-45-43-47(29-31-49(45)51)53-33-23-21-19-20-22-24-34-54-48-30-32-50(52)46(44-48)28-26-42-62(58-38-16-10-4,59-39-17-11-5)60-40-18-12-6/h29-32,43-44,51-52H,7-28,33-42H2,1-6H3. The van der Waals surface area contributed by atoms with Crippen molar-refractivity contribution in [1.82, 2.24) is 0 Å². The highest BCUT2D eigenvalue weighted by Crippen LogP contribution is 2.30. The maximum atomic E-state index is 10.7. The van der Waals surface area contributed by atoms with Crippen molar-refractivity contribution in [2.45, 2.75) is 195 Å². The first-order chi connectivity index (χ1) is 30.3. The number of benzene rings is 2. The zero-order valence-electron chi connectivity index (χ0n) is 40.3. The molecule has 0 spiro atoms.